The molecule has 1 atom stereocenters. The Bertz CT molecular complexity index is 368. The molecule has 4 heteroatoms. The molecule has 1 rings (SSSR count). The van der Waals surface area contributed by atoms with Gasteiger partial charge in [-0.1, -0.05) is 44.2 Å². The summed E-state index contributed by atoms with van der Waals surface area (Å²) in [4.78, 5) is 11.1. The van der Waals surface area contributed by atoms with Crippen molar-refractivity contribution in [1.82, 2.24) is 5.32 Å². The van der Waals surface area contributed by atoms with Crippen molar-refractivity contribution in [1.29, 1.82) is 0 Å². The second-order valence-electron chi connectivity index (χ2n) is 5.01. The number of carboxylic acid groups (broad SMARTS) is 1. The Labute approximate surface area is 119 Å². The fraction of sp³-hybridized carbons (Fsp3) is 0.533. The summed E-state index contributed by atoms with van der Waals surface area (Å²) in [7, 11) is 0. The lowest BCUT2D eigenvalue weighted by molar-refractivity contribution is -0.139. The SMILES string of the molecule is CC(C)CC(NCCSCc1ccccc1)C(=O)O. The van der Waals surface area contributed by atoms with Crippen LogP contribution in [-0.2, 0) is 10.5 Å². The minimum Gasteiger partial charge on any atom is -0.480 e. The summed E-state index contributed by atoms with van der Waals surface area (Å²) in [6.07, 6.45) is 0.679. The van der Waals surface area contributed by atoms with Crippen molar-refractivity contribution < 1.29 is 9.90 Å². The van der Waals surface area contributed by atoms with Gasteiger partial charge in [0.25, 0.3) is 0 Å². The van der Waals surface area contributed by atoms with Crippen LogP contribution in [0.4, 0.5) is 0 Å². The molecule has 0 aliphatic rings. The van der Waals surface area contributed by atoms with Crippen molar-refractivity contribution in [2.45, 2.75) is 32.1 Å². The summed E-state index contributed by atoms with van der Waals surface area (Å²) >= 11 is 1.82. The minimum atomic E-state index is -0.748. The van der Waals surface area contributed by atoms with Gasteiger partial charge in [0.2, 0.25) is 0 Å². The van der Waals surface area contributed by atoms with Crippen molar-refractivity contribution in [3.05, 3.63) is 35.9 Å². The summed E-state index contributed by atoms with van der Waals surface area (Å²) in [5.41, 5.74) is 1.31. The van der Waals surface area contributed by atoms with E-state index in [0.29, 0.717) is 12.3 Å². The zero-order valence-corrected chi connectivity index (χ0v) is 12.5. The van der Waals surface area contributed by atoms with E-state index in [-0.39, 0.29) is 0 Å². The number of hydrogen-bond acceptors (Lipinski definition) is 3. The van der Waals surface area contributed by atoms with E-state index in [1.165, 1.54) is 5.56 Å². The molecule has 2 N–H and O–H groups in total. The highest BCUT2D eigenvalue weighted by Gasteiger charge is 2.17. The number of carbonyl (C=O) groups is 1. The standard InChI is InChI=1S/C15H23NO2S/c1-12(2)10-14(15(17)18)16-8-9-19-11-13-6-4-3-5-7-13/h3-7,12,14,16H,8-11H2,1-2H3,(H,17,18). The molecule has 0 fully saturated rings. The first-order valence-electron chi connectivity index (χ1n) is 6.67. The van der Waals surface area contributed by atoms with Crippen LogP contribution in [0.3, 0.4) is 0 Å². The first-order valence-corrected chi connectivity index (χ1v) is 7.83. The molecule has 1 aromatic carbocycles. The monoisotopic (exact) mass is 281 g/mol. The second kappa shape index (κ2) is 8.99. The van der Waals surface area contributed by atoms with Crippen molar-refractivity contribution in [2.75, 3.05) is 12.3 Å². The summed E-state index contributed by atoms with van der Waals surface area (Å²) in [5, 5.41) is 12.2. The van der Waals surface area contributed by atoms with Gasteiger partial charge in [0.1, 0.15) is 6.04 Å². The maximum atomic E-state index is 11.1. The van der Waals surface area contributed by atoms with Crippen molar-refractivity contribution >= 4 is 17.7 Å². The van der Waals surface area contributed by atoms with E-state index in [0.717, 1.165) is 18.1 Å². The lowest BCUT2D eigenvalue weighted by Crippen LogP contribution is -2.38. The topological polar surface area (TPSA) is 49.3 Å². The van der Waals surface area contributed by atoms with Crippen LogP contribution in [0.25, 0.3) is 0 Å². The third kappa shape index (κ3) is 7.23. The Kier molecular flexibility index (Phi) is 7.60. The molecule has 0 saturated carbocycles. The number of nitrogens with one attached hydrogen (secondary N) is 1. The van der Waals surface area contributed by atoms with Gasteiger partial charge in [-0.15, -0.1) is 0 Å². The normalized spacial score (nSPS) is 12.6. The van der Waals surface area contributed by atoms with Gasteiger partial charge >= 0.3 is 5.97 Å². The van der Waals surface area contributed by atoms with E-state index in [2.05, 4.69) is 17.4 Å². The maximum Gasteiger partial charge on any atom is 0.320 e. The summed E-state index contributed by atoms with van der Waals surface area (Å²) in [5.74, 6) is 1.55. The molecule has 106 valence electrons. The average Bonchev–Trinajstić information content (AvgIpc) is 2.37. The van der Waals surface area contributed by atoms with Crippen LogP contribution < -0.4 is 5.32 Å². The molecule has 0 spiro atoms. The summed E-state index contributed by atoms with van der Waals surface area (Å²) in [6, 6.07) is 9.89. The fourth-order valence-electron chi connectivity index (χ4n) is 1.81. The van der Waals surface area contributed by atoms with E-state index in [1.807, 2.05) is 43.8 Å². The molecule has 19 heavy (non-hydrogen) atoms. The third-order valence-corrected chi connectivity index (χ3v) is 3.78. The average molecular weight is 281 g/mol. The molecule has 0 radical (unpaired) electrons. The zero-order valence-electron chi connectivity index (χ0n) is 11.6. The van der Waals surface area contributed by atoms with Gasteiger partial charge in [-0.25, -0.2) is 0 Å². The van der Waals surface area contributed by atoms with Gasteiger partial charge in [-0.2, -0.15) is 11.8 Å². The van der Waals surface area contributed by atoms with E-state index < -0.39 is 12.0 Å². The van der Waals surface area contributed by atoms with Crippen LogP contribution in [0, 0.1) is 5.92 Å². The van der Waals surface area contributed by atoms with Crippen molar-refractivity contribution in [3.63, 3.8) is 0 Å². The highest BCUT2D eigenvalue weighted by atomic mass is 32.2. The van der Waals surface area contributed by atoms with Gasteiger partial charge in [0, 0.05) is 18.1 Å². The fourth-order valence-corrected chi connectivity index (χ4v) is 2.65. The van der Waals surface area contributed by atoms with E-state index in [4.69, 9.17) is 5.11 Å². The number of carboxylic acids is 1. The van der Waals surface area contributed by atoms with Crippen molar-refractivity contribution in [3.8, 4) is 0 Å². The first kappa shape index (κ1) is 16.1. The summed E-state index contributed by atoms with van der Waals surface area (Å²) < 4.78 is 0. The number of rotatable bonds is 9. The number of aliphatic carboxylic acids is 1. The molecule has 0 amide bonds. The smallest absolute Gasteiger partial charge is 0.320 e. The highest BCUT2D eigenvalue weighted by molar-refractivity contribution is 7.98. The lowest BCUT2D eigenvalue weighted by Gasteiger charge is -2.16. The molecule has 0 bridgehead atoms. The molecule has 0 heterocycles. The van der Waals surface area contributed by atoms with Crippen LogP contribution in [0.1, 0.15) is 25.8 Å². The van der Waals surface area contributed by atoms with E-state index in [1.54, 1.807) is 0 Å². The molecule has 0 aliphatic carbocycles. The van der Waals surface area contributed by atoms with Gasteiger partial charge in [0.05, 0.1) is 0 Å². The second-order valence-corrected chi connectivity index (χ2v) is 6.12. The van der Waals surface area contributed by atoms with Gasteiger partial charge < -0.3 is 10.4 Å². The molecule has 0 saturated heterocycles. The summed E-state index contributed by atoms with van der Waals surface area (Å²) in [6.45, 7) is 4.82. The quantitative estimate of drug-likeness (QED) is 0.683. The van der Waals surface area contributed by atoms with Crippen LogP contribution in [-0.4, -0.2) is 29.4 Å². The molecule has 0 aromatic heterocycles. The number of benzene rings is 1. The first-order chi connectivity index (χ1) is 9.09. The molecular weight excluding hydrogens is 258 g/mol. The van der Waals surface area contributed by atoms with E-state index in [9.17, 15) is 4.79 Å². The van der Waals surface area contributed by atoms with Crippen LogP contribution >= 0.6 is 11.8 Å². The Morgan fingerprint density at radius 3 is 2.58 bits per heavy atom. The zero-order chi connectivity index (χ0) is 14.1. The lowest BCUT2D eigenvalue weighted by atomic mass is 10.0. The van der Waals surface area contributed by atoms with E-state index >= 15 is 0 Å². The molecule has 1 aromatic rings. The van der Waals surface area contributed by atoms with Crippen LogP contribution in [0.2, 0.25) is 0 Å². The molecule has 3 nitrogen and oxygen atoms in total. The van der Waals surface area contributed by atoms with Gasteiger partial charge in [-0.05, 0) is 17.9 Å². The Balaban J connectivity index is 2.16. The maximum absolute atomic E-state index is 11.1. The van der Waals surface area contributed by atoms with Crippen LogP contribution in [0.15, 0.2) is 30.3 Å². The van der Waals surface area contributed by atoms with Crippen LogP contribution in [0.5, 0.6) is 0 Å². The Morgan fingerprint density at radius 1 is 1.32 bits per heavy atom. The molecule has 0 aliphatic heterocycles. The predicted octanol–water partition coefficient (Wildman–Crippen LogP) is 3.01. The number of thioether (sulfide) groups is 1. The Morgan fingerprint density at radius 2 is 2.00 bits per heavy atom. The van der Waals surface area contributed by atoms with Crippen molar-refractivity contribution in [2.24, 2.45) is 5.92 Å². The molecule has 1 unspecified atom stereocenters. The Hall–Kier alpha value is -1.00. The third-order valence-electron chi connectivity index (χ3n) is 2.75. The highest BCUT2D eigenvalue weighted by Crippen LogP contribution is 2.11. The number of hydrogen-bond donors (Lipinski definition) is 2. The van der Waals surface area contributed by atoms with Gasteiger partial charge in [-0.3, -0.25) is 4.79 Å². The predicted molar refractivity (Wildman–Crippen MR) is 81.5 cm³/mol. The minimum absolute atomic E-state index is 0.394. The molecular formula is C15H23NO2S. The van der Waals surface area contributed by atoms with Gasteiger partial charge in [0.15, 0.2) is 0 Å². The largest absolute Gasteiger partial charge is 0.480 e.